The third-order valence-corrected chi connectivity index (χ3v) is 4.31. The number of nitro benzene ring substituents is 1. The number of carbonyl (C=O) groups excluding carboxylic acids is 1. The molecule has 1 aliphatic heterocycles. The van der Waals surface area contributed by atoms with Crippen LogP contribution in [0.25, 0.3) is 0 Å². The number of ether oxygens (including phenoxy) is 2. The largest absolute Gasteiger partial charge is 0.462 e. The molecule has 0 unspecified atom stereocenters. The Hall–Kier alpha value is -1.60. The van der Waals surface area contributed by atoms with Crippen molar-refractivity contribution < 1.29 is 19.2 Å². The summed E-state index contributed by atoms with van der Waals surface area (Å²) in [6.07, 6.45) is 2.18. The van der Waals surface area contributed by atoms with Gasteiger partial charge < -0.3 is 9.47 Å². The molecule has 114 valence electrons. The van der Waals surface area contributed by atoms with Gasteiger partial charge in [-0.15, -0.1) is 11.8 Å². The van der Waals surface area contributed by atoms with Gasteiger partial charge in [0.15, 0.2) is 0 Å². The molecule has 7 heteroatoms. The van der Waals surface area contributed by atoms with Crippen LogP contribution in [0.1, 0.15) is 30.1 Å². The second-order valence-corrected chi connectivity index (χ2v) is 5.67. The Morgan fingerprint density at radius 2 is 2.38 bits per heavy atom. The number of nitrogens with zero attached hydrogens (tertiary/aromatic N) is 1. The third-order valence-electron chi connectivity index (χ3n) is 3.12. The van der Waals surface area contributed by atoms with E-state index in [2.05, 4.69) is 0 Å². The second kappa shape index (κ2) is 7.42. The molecule has 1 aromatic rings. The maximum Gasteiger partial charge on any atom is 0.338 e. The van der Waals surface area contributed by atoms with Crippen molar-refractivity contribution in [3.8, 4) is 0 Å². The molecule has 0 N–H and O–H groups in total. The summed E-state index contributed by atoms with van der Waals surface area (Å²) in [5.74, 6) is 0.135. The molecule has 0 aliphatic carbocycles. The summed E-state index contributed by atoms with van der Waals surface area (Å²) in [4.78, 5) is 22.9. The normalized spacial score (nSPS) is 17.7. The van der Waals surface area contributed by atoms with E-state index in [-0.39, 0.29) is 24.0 Å². The van der Waals surface area contributed by atoms with Crippen LogP contribution >= 0.6 is 11.8 Å². The topological polar surface area (TPSA) is 78.7 Å². The van der Waals surface area contributed by atoms with Gasteiger partial charge in [0, 0.05) is 18.4 Å². The number of thioether (sulfide) groups is 1. The van der Waals surface area contributed by atoms with Gasteiger partial charge in [0.1, 0.15) is 0 Å². The molecule has 1 saturated heterocycles. The van der Waals surface area contributed by atoms with Gasteiger partial charge in [-0.25, -0.2) is 4.79 Å². The number of rotatable bonds is 6. The molecule has 0 radical (unpaired) electrons. The molecule has 1 heterocycles. The van der Waals surface area contributed by atoms with Gasteiger partial charge in [-0.1, -0.05) is 0 Å². The van der Waals surface area contributed by atoms with Gasteiger partial charge in [-0.3, -0.25) is 10.1 Å². The van der Waals surface area contributed by atoms with Gasteiger partial charge in [0.05, 0.1) is 28.1 Å². The summed E-state index contributed by atoms with van der Waals surface area (Å²) in [7, 11) is 0. The first-order chi connectivity index (χ1) is 10.1. The first kappa shape index (κ1) is 15.8. The highest BCUT2D eigenvalue weighted by Crippen LogP contribution is 2.32. The van der Waals surface area contributed by atoms with E-state index >= 15 is 0 Å². The summed E-state index contributed by atoms with van der Waals surface area (Å²) < 4.78 is 10.4. The molecule has 0 amide bonds. The molecule has 0 spiro atoms. The minimum absolute atomic E-state index is 0.0662. The maximum absolute atomic E-state index is 11.6. The van der Waals surface area contributed by atoms with Crippen LogP contribution in [0, 0.1) is 10.1 Å². The molecular weight excluding hydrogens is 294 g/mol. The molecule has 6 nitrogen and oxygen atoms in total. The maximum atomic E-state index is 11.6. The van der Waals surface area contributed by atoms with E-state index in [1.807, 2.05) is 0 Å². The number of esters is 1. The monoisotopic (exact) mass is 311 g/mol. The number of benzene rings is 1. The minimum Gasteiger partial charge on any atom is -0.462 e. The molecule has 2 rings (SSSR count). The molecule has 1 aromatic carbocycles. The average molecular weight is 311 g/mol. The summed E-state index contributed by atoms with van der Waals surface area (Å²) in [5, 5.41) is 11.2. The van der Waals surface area contributed by atoms with Crippen molar-refractivity contribution in [2.24, 2.45) is 0 Å². The molecule has 1 fully saturated rings. The number of carbonyl (C=O) groups is 1. The van der Waals surface area contributed by atoms with Gasteiger partial charge in [-0.2, -0.15) is 0 Å². The van der Waals surface area contributed by atoms with Gasteiger partial charge in [-0.05, 0) is 31.9 Å². The molecule has 0 bridgehead atoms. The predicted octanol–water partition coefficient (Wildman–Crippen LogP) is 3.04. The zero-order chi connectivity index (χ0) is 15.2. The molecule has 0 saturated carbocycles. The predicted molar refractivity (Wildman–Crippen MR) is 78.8 cm³/mol. The lowest BCUT2D eigenvalue weighted by molar-refractivity contribution is -0.387. The summed E-state index contributed by atoms with van der Waals surface area (Å²) in [6, 6.07) is 4.43. The Balaban J connectivity index is 2.12. The van der Waals surface area contributed by atoms with Crippen LogP contribution in [0.15, 0.2) is 23.1 Å². The zero-order valence-corrected chi connectivity index (χ0v) is 12.6. The Morgan fingerprint density at radius 1 is 1.57 bits per heavy atom. The SMILES string of the molecule is CCOC(=O)c1ccc(SC[C@H]2CCCO2)c([N+](=O)[O-])c1. The van der Waals surface area contributed by atoms with Crippen LogP contribution in [0.5, 0.6) is 0 Å². The Kier molecular flexibility index (Phi) is 5.58. The lowest BCUT2D eigenvalue weighted by Gasteiger charge is -2.09. The highest BCUT2D eigenvalue weighted by molar-refractivity contribution is 7.99. The van der Waals surface area contributed by atoms with Crippen molar-refractivity contribution in [2.45, 2.75) is 30.8 Å². The van der Waals surface area contributed by atoms with Crippen LogP contribution in [-0.4, -0.2) is 36.0 Å². The van der Waals surface area contributed by atoms with Crippen molar-refractivity contribution in [2.75, 3.05) is 19.0 Å². The van der Waals surface area contributed by atoms with Crippen LogP contribution in [-0.2, 0) is 9.47 Å². The van der Waals surface area contributed by atoms with Crippen LogP contribution in [0.4, 0.5) is 5.69 Å². The van der Waals surface area contributed by atoms with Crippen molar-refractivity contribution in [3.63, 3.8) is 0 Å². The van der Waals surface area contributed by atoms with Crippen LogP contribution < -0.4 is 0 Å². The standard InChI is InChI=1S/C14H17NO5S/c1-2-19-14(16)10-5-6-13(12(8-10)15(17)18)21-9-11-4-3-7-20-11/h5-6,8,11H,2-4,7,9H2,1H3/t11-/m1/s1. The number of hydrogen-bond donors (Lipinski definition) is 0. The van der Waals surface area contributed by atoms with E-state index in [1.54, 1.807) is 19.1 Å². The van der Waals surface area contributed by atoms with E-state index in [0.29, 0.717) is 10.6 Å². The fraction of sp³-hybridized carbons (Fsp3) is 0.500. The Labute approximate surface area is 127 Å². The van der Waals surface area contributed by atoms with Crippen LogP contribution in [0.2, 0.25) is 0 Å². The number of hydrogen-bond acceptors (Lipinski definition) is 6. The fourth-order valence-corrected chi connectivity index (χ4v) is 3.16. The smallest absolute Gasteiger partial charge is 0.338 e. The second-order valence-electron chi connectivity index (χ2n) is 4.61. The summed E-state index contributed by atoms with van der Waals surface area (Å²) in [5.41, 5.74) is 0.133. The summed E-state index contributed by atoms with van der Waals surface area (Å²) >= 11 is 1.39. The summed E-state index contributed by atoms with van der Waals surface area (Å²) in [6.45, 7) is 2.69. The lowest BCUT2D eigenvalue weighted by Crippen LogP contribution is -2.08. The Bertz CT molecular complexity index is 528. The first-order valence-electron chi connectivity index (χ1n) is 6.81. The van der Waals surface area contributed by atoms with Crippen molar-refractivity contribution in [1.82, 2.24) is 0 Å². The molecule has 1 atom stereocenters. The molecule has 1 aliphatic rings. The highest BCUT2D eigenvalue weighted by Gasteiger charge is 2.21. The third kappa shape index (κ3) is 4.18. The minimum atomic E-state index is -0.545. The highest BCUT2D eigenvalue weighted by atomic mass is 32.2. The van der Waals surface area contributed by atoms with Gasteiger partial charge >= 0.3 is 5.97 Å². The Morgan fingerprint density at radius 3 is 3.00 bits per heavy atom. The van der Waals surface area contributed by atoms with Crippen molar-refractivity contribution in [1.29, 1.82) is 0 Å². The van der Waals surface area contributed by atoms with Gasteiger partial charge in [0.2, 0.25) is 0 Å². The van der Waals surface area contributed by atoms with E-state index in [4.69, 9.17) is 9.47 Å². The molecule has 0 aromatic heterocycles. The quantitative estimate of drug-likeness (QED) is 0.348. The molecule has 21 heavy (non-hydrogen) atoms. The first-order valence-corrected chi connectivity index (χ1v) is 7.80. The van der Waals surface area contributed by atoms with Crippen molar-refractivity contribution in [3.05, 3.63) is 33.9 Å². The van der Waals surface area contributed by atoms with E-state index in [9.17, 15) is 14.9 Å². The zero-order valence-electron chi connectivity index (χ0n) is 11.7. The van der Waals surface area contributed by atoms with E-state index < -0.39 is 10.9 Å². The molecular formula is C14H17NO5S. The lowest BCUT2D eigenvalue weighted by atomic mass is 10.2. The fourth-order valence-electron chi connectivity index (χ4n) is 2.08. The van der Waals surface area contributed by atoms with Crippen molar-refractivity contribution >= 4 is 23.4 Å². The van der Waals surface area contributed by atoms with Crippen LogP contribution in [0.3, 0.4) is 0 Å². The van der Waals surface area contributed by atoms with E-state index in [0.717, 1.165) is 19.4 Å². The number of nitro groups is 1. The van der Waals surface area contributed by atoms with E-state index in [1.165, 1.54) is 17.8 Å². The average Bonchev–Trinajstić information content (AvgIpc) is 2.98. The van der Waals surface area contributed by atoms with Gasteiger partial charge in [0.25, 0.3) is 5.69 Å².